The number of rotatable bonds is 3. The average molecular weight is 370 g/mol. The van der Waals surface area contributed by atoms with Crippen molar-refractivity contribution < 1.29 is 4.79 Å². The Kier molecular flexibility index (Phi) is 5.56. The lowest BCUT2D eigenvalue weighted by Gasteiger charge is -2.49. The van der Waals surface area contributed by atoms with Gasteiger partial charge in [0, 0.05) is 31.0 Å². The Balaban J connectivity index is 1.49. The van der Waals surface area contributed by atoms with Crippen LogP contribution in [0.1, 0.15) is 50.7 Å². The summed E-state index contributed by atoms with van der Waals surface area (Å²) in [4.78, 5) is 17.6. The van der Waals surface area contributed by atoms with Gasteiger partial charge < -0.3 is 15.1 Å². The highest BCUT2D eigenvalue weighted by atomic mass is 16.2. The zero-order chi connectivity index (χ0) is 18.9. The van der Waals surface area contributed by atoms with Crippen molar-refractivity contribution >= 4 is 5.91 Å². The van der Waals surface area contributed by atoms with Crippen LogP contribution in [-0.2, 0) is 16.8 Å². The van der Waals surface area contributed by atoms with Crippen LogP contribution in [0.3, 0.4) is 0 Å². The number of nitrogens with one attached hydrogen (secondary N) is 1. The largest absolute Gasteiger partial charge is 0.337 e. The quantitative estimate of drug-likeness (QED) is 0.890. The molecule has 4 rings (SSSR count). The van der Waals surface area contributed by atoms with E-state index in [1.165, 1.54) is 69.5 Å². The Hall–Kier alpha value is -1.39. The highest BCUT2D eigenvalue weighted by Gasteiger charge is 2.43. The van der Waals surface area contributed by atoms with Gasteiger partial charge in [0.25, 0.3) is 0 Å². The van der Waals surface area contributed by atoms with E-state index in [1.807, 2.05) is 13.8 Å². The summed E-state index contributed by atoms with van der Waals surface area (Å²) in [5, 5.41) is 3.48. The van der Waals surface area contributed by atoms with E-state index >= 15 is 0 Å². The molecular weight excluding hydrogens is 334 g/mol. The molecule has 3 aliphatic heterocycles. The number of likely N-dealkylation sites (tertiary alicyclic amines) is 1. The minimum absolute atomic E-state index is 0.0762. The van der Waals surface area contributed by atoms with Gasteiger partial charge in [0.15, 0.2) is 0 Å². The number of piperidine rings is 2. The second kappa shape index (κ2) is 7.92. The number of hydrogen-bond donors (Lipinski definition) is 1. The molecule has 3 heterocycles. The van der Waals surface area contributed by atoms with Crippen LogP contribution in [0, 0.1) is 11.8 Å². The summed E-state index contributed by atoms with van der Waals surface area (Å²) < 4.78 is 0. The fraction of sp³-hybridized carbons (Fsp3) is 0.696. The molecule has 4 heteroatoms. The third kappa shape index (κ3) is 3.93. The number of hydrogen-bond acceptors (Lipinski definition) is 3. The predicted molar refractivity (Wildman–Crippen MR) is 110 cm³/mol. The summed E-state index contributed by atoms with van der Waals surface area (Å²) in [6.45, 7) is 11.7. The van der Waals surface area contributed by atoms with Crippen LogP contribution in [0.25, 0.3) is 0 Å². The van der Waals surface area contributed by atoms with Crippen LogP contribution in [0.5, 0.6) is 0 Å². The lowest BCUT2D eigenvalue weighted by Crippen LogP contribution is -2.54. The molecule has 0 unspecified atom stereocenters. The molecule has 0 saturated carbocycles. The van der Waals surface area contributed by atoms with E-state index in [0.717, 1.165) is 19.0 Å². The molecule has 27 heavy (non-hydrogen) atoms. The Bertz CT molecular complexity index is 657. The molecule has 1 amide bonds. The van der Waals surface area contributed by atoms with Crippen LogP contribution >= 0.6 is 0 Å². The van der Waals surface area contributed by atoms with E-state index in [0.29, 0.717) is 5.91 Å². The molecule has 2 saturated heterocycles. The second-order valence-corrected chi connectivity index (χ2v) is 9.28. The first kappa shape index (κ1) is 18.9. The molecule has 1 spiro atoms. The van der Waals surface area contributed by atoms with Crippen LogP contribution in [0.15, 0.2) is 24.3 Å². The molecule has 1 N–H and O–H groups in total. The van der Waals surface area contributed by atoms with E-state index in [4.69, 9.17) is 0 Å². The van der Waals surface area contributed by atoms with Crippen molar-refractivity contribution in [2.45, 2.75) is 51.5 Å². The van der Waals surface area contributed by atoms with Crippen LogP contribution < -0.4 is 5.32 Å². The summed E-state index contributed by atoms with van der Waals surface area (Å²) in [5.74, 6) is 1.24. The Morgan fingerprint density at radius 3 is 2.59 bits per heavy atom. The third-order valence-corrected chi connectivity index (χ3v) is 7.04. The van der Waals surface area contributed by atoms with Gasteiger partial charge in [-0.25, -0.2) is 0 Å². The van der Waals surface area contributed by atoms with E-state index in [-0.39, 0.29) is 11.3 Å². The third-order valence-electron chi connectivity index (χ3n) is 7.04. The molecule has 3 aliphatic rings. The van der Waals surface area contributed by atoms with Crippen LogP contribution in [0.2, 0.25) is 0 Å². The molecule has 0 aliphatic carbocycles. The maximum absolute atomic E-state index is 12.8. The van der Waals surface area contributed by atoms with Gasteiger partial charge in [0.05, 0.1) is 0 Å². The van der Waals surface area contributed by atoms with E-state index < -0.39 is 0 Å². The van der Waals surface area contributed by atoms with Gasteiger partial charge in [-0.05, 0) is 68.9 Å². The van der Waals surface area contributed by atoms with Crippen molar-refractivity contribution in [3.63, 3.8) is 0 Å². The highest BCUT2D eigenvalue weighted by molar-refractivity contribution is 5.78. The van der Waals surface area contributed by atoms with Crippen molar-refractivity contribution in [2.24, 2.45) is 11.8 Å². The normalized spacial score (nSPS) is 23.6. The van der Waals surface area contributed by atoms with Gasteiger partial charge in [-0.3, -0.25) is 4.79 Å². The van der Waals surface area contributed by atoms with Gasteiger partial charge in [0.1, 0.15) is 0 Å². The maximum Gasteiger partial charge on any atom is 0.225 e. The lowest BCUT2D eigenvalue weighted by atomic mass is 9.68. The fourth-order valence-electron chi connectivity index (χ4n) is 5.43. The summed E-state index contributed by atoms with van der Waals surface area (Å²) in [5.41, 5.74) is 3.04. The van der Waals surface area contributed by atoms with Crippen molar-refractivity contribution in [1.82, 2.24) is 15.1 Å². The molecule has 4 nitrogen and oxygen atoms in total. The summed E-state index contributed by atoms with van der Waals surface area (Å²) in [7, 11) is 0. The number of amides is 1. The maximum atomic E-state index is 12.8. The standard InChI is InChI=1S/C23H35N3O/c1-18(2)22(27)26-16-20-5-3-4-6-21(20)23(17-26)9-13-25(14-10-23)15-19-7-11-24-12-8-19/h3-6,18-19,24H,7-17H2,1-2H3. The number of fused-ring (bicyclic) bond motifs is 2. The van der Waals surface area contributed by atoms with E-state index in [2.05, 4.69) is 39.4 Å². The molecule has 0 bridgehead atoms. The summed E-state index contributed by atoms with van der Waals surface area (Å²) >= 11 is 0. The summed E-state index contributed by atoms with van der Waals surface area (Å²) in [6, 6.07) is 8.87. The van der Waals surface area contributed by atoms with Crippen LogP contribution in [-0.4, -0.2) is 55.0 Å². The van der Waals surface area contributed by atoms with Gasteiger partial charge in [0.2, 0.25) is 5.91 Å². The van der Waals surface area contributed by atoms with Crippen LogP contribution in [0.4, 0.5) is 0 Å². The number of carbonyl (C=O) groups excluding carboxylic acids is 1. The van der Waals surface area contributed by atoms with E-state index in [1.54, 1.807) is 0 Å². The molecule has 1 aromatic rings. The molecule has 1 aromatic carbocycles. The SMILES string of the molecule is CC(C)C(=O)N1Cc2ccccc2C2(CCN(CC3CCNCC3)CC2)C1. The van der Waals surface area contributed by atoms with Gasteiger partial charge in [-0.2, -0.15) is 0 Å². The fourth-order valence-corrected chi connectivity index (χ4v) is 5.43. The number of nitrogens with zero attached hydrogens (tertiary/aromatic N) is 2. The van der Waals surface area contributed by atoms with Gasteiger partial charge in [-0.15, -0.1) is 0 Å². The van der Waals surface area contributed by atoms with Crippen molar-refractivity contribution in [3.05, 3.63) is 35.4 Å². The van der Waals surface area contributed by atoms with Crippen molar-refractivity contribution in [3.8, 4) is 0 Å². The second-order valence-electron chi connectivity index (χ2n) is 9.28. The Morgan fingerprint density at radius 1 is 1.19 bits per heavy atom. The lowest BCUT2D eigenvalue weighted by molar-refractivity contribution is -0.137. The molecule has 0 atom stereocenters. The van der Waals surface area contributed by atoms with E-state index in [9.17, 15) is 4.79 Å². The first-order valence-corrected chi connectivity index (χ1v) is 10.9. The zero-order valence-electron chi connectivity index (χ0n) is 17.0. The minimum Gasteiger partial charge on any atom is -0.337 e. The van der Waals surface area contributed by atoms with Crippen molar-refractivity contribution in [1.29, 1.82) is 0 Å². The molecular formula is C23H35N3O. The average Bonchev–Trinajstić information content (AvgIpc) is 2.70. The molecule has 2 fully saturated rings. The number of benzene rings is 1. The predicted octanol–water partition coefficient (Wildman–Crippen LogP) is 3.02. The van der Waals surface area contributed by atoms with Gasteiger partial charge in [-0.1, -0.05) is 38.1 Å². The number of carbonyl (C=O) groups is 1. The topological polar surface area (TPSA) is 35.6 Å². The van der Waals surface area contributed by atoms with Gasteiger partial charge >= 0.3 is 0 Å². The van der Waals surface area contributed by atoms with Crippen molar-refractivity contribution in [2.75, 3.05) is 39.3 Å². The molecule has 0 radical (unpaired) electrons. The highest BCUT2D eigenvalue weighted by Crippen LogP contribution is 2.42. The smallest absolute Gasteiger partial charge is 0.225 e. The minimum atomic E-state index is 0.0762. The summed E-state index contributed by atoms with van der Waals surface area (Å²) in [6.07, 6.45) is 5.00. The molecule has 0 aromatic heterocycles. The Morgan fingerprint density at radius 2 is 1.89 bits per heavy atom. The Labute approximate surface area is 164 Å². The first-order chi connectivity index (χ1) is 13.1. The molecule has 148 valence electrons. The zero-order valence-corrected chi connectivity index (χ0v) is 17.0. The monoisotopic (exact) mass is 369 g/mol. The first-order valence-electron chi connectivity index (χ1n) is 10.9.